The molecule has 7 nitrogen and oxygen atoms in total. The molecule has 3 heterocycles. The molecule has 1 saturated heterocycles. The van der Waals surface area contributed by atoms with Gasteiger partial charge < -0.3 is 10.6 Å². The van der Waals surface area contributed by atoms with E-state index < -0.39 is 5.56 Å². The summed E-state index contributed by atoms with van der Waals surface area (Å²) < 4.78 is 1.09. The first-order chi connectivity index (χ1) is 16.5. The molecule has 0 radical (unpaired) electrons. The van der Waals surface area contributed by atoms with Crippen molar-refractivity contribution >= 4 is 40.1 Å². The molecule has 0 aliphatic carbocycles. The Labute approximate surface area is 206 Å². The number of halogens is 2. The van der Waals surface area contributed by atoms with Crippen LogP contribution >= 0.6 is 23.2 Å². The van der Waals surface area contributed by atoms with E-state index in [-0.39, 0.29) is 17.0 Å². The quantitative estimate of drug-likeness (QED) is 0.432. The number of nitrogens with zero attached hydrogens (tertiary/aromatic N) is 4. The Kier molecular flexibility index (Phi) is 6.16. The van der Waals surface area contributed by atoms with Crippen molar-refractivity contribution in [3.63, 3.8) is 0 Å². The third-order valence-electron chi connectivity index (χ3n) is 6.08. The van der Waals surface area contributed by atoms with Crippen molar-refractivity contribution in [2.75, 3.05) is 25.9 Å². The molecule has 9 heteroatoms. The van der Waals surface area contributed by atoms with Crippen LogP contribution in [0.1, 0.15) is 18.4 Å². The molecule has 0 atom stereocenters. The zero-order chi connectivity index (χ0) is 23.8. The number of hydrogen-bond donors (Lipinski definition) is 1. The molecule has 2 aromatic heterocycles. The molecule has 0 bridgehead atoms. The second kappa shape index (κ2) is 9.25. The van der Waals surface area contributed by atoms with E-state index in [4.69, 9.17) is 33.8 Å². The first kappa shape index (κ1) is 22.7. The van der Waals surface area contributed by atoms with Crippen LogP contribution in [0.2, 0.25) is 10.0 Å². The summed E-state index contributed by atoms with van der Waals surface area (Å²) in [5, 5.41) is 1.15. The van der Waals surface area contributed by atoms with E-state index in [2.05, 4.69) is 27.0 Å². The number of nitrogen functional groups attached to an aromatic ring is 1. The van der Waals surface area contributed by atoms with Gasteiger partial charge in [0.1, 0.15) is 12.9 Å². The minimum atomic E-state index is -0.449. The molecule has 4 aromatic rings. The molecule has 2 N–H and O–H groups in total. The van der Waals surface area contributed by atoms with Gasteiger partial charge in [0, 0.05) is 17.7 Å². The summed E-state index contributed by atoms with van der Waals surface area (Å²) in [5.41, 5.74) is 8.83. The number of nitrogens with two attached hydrogens (primary N) is 1. The summed E-state index contributed by atoms with van der Waals surface area (Å²) >= 11 is 12.7. The molecular formula is C25H23Cl2N5O2. The highest BCUT2D eigenvalue weighted by molar-refractivity contribution is 6.39. The second-order valence-electron chi connectivity index (χ2n) is 8.29. The van der Waals surface area contributed by atoms with E-state index in [1.165, 1.54) is 25.5 Å². The largest absolute Gasteiger partial charge is 0.412 e. The van der Waals surface area contributed by atoms with Crippen molar-refractivity contribution < 1.29 is 4.84 Å². The fourth-order valence-electron chi connectivity index (χ4n) is 4.37. The molecule has 1 fully saturated rings. The van der Waals surface area contributed by atoms with Crippen molar-refractivity contribution in [1.29, 1.82) is 0 Å². The SMILES string of the molecule is COn1c(=O)c(-c2c(Cl)cccc2Cl)cc2c(N)nc(-c3ccc(CN4CCCC4)cc3)nc21. The molecule has 2 aromatic carbocycles. The molecule has 5 rings (SSSR count). The summed E-state index contributed by atoms with van der Waals surface area (Å²) in [6, 6.07) is 14.7. The average Bonchev–Trinajstić information content (AvgIpc) is 3.33. The van der Waals surface area contributed by atoms with Crippen LogP contribution < -0.4 is 16.1 Å². The van der Waals surface area contributed by atoms with E-state index in [1.807, 2.05) is 12.1 Å². The first-order valence-corrected chi connectivity index (χ1v) is 11.8. The average molecular weight is 496 g/mol. The molecule has 1 aliphatic heterocycles. The molecule has 34 heavy (non-hydrogen) atoms. The molecule has 0 amide bonds. The van der Waals surface area contributed by atoms with Gasteiger partial charge in [-0.1, -0.05) is 53.5 Å². The molecule has 0 saturated carbocycles. The lowest BCUT2D eigenvalue weighted by atomic mass is 10.1. The summed E-state index contributed by atoms with van der Waals surface area (Å²) in [5.74, 6) is 0.628. The maximum atomic E-state index is 13.3. The van der Waals surface area contributed by atoms with Gasteiger partial charge in [-0.2, -0.15) is 0 Å². The number of fused-ring (bicyclic) bond motifs is 1. The van der Waals surface area contributed by atoms with Gasteiger partial charge in [-0.3, -0.25) is 9.69 Å². The summed E-state index contributed by atoms with van der Waals surface area (Å²) in [7, 11) is 1.39. The smallest absolute Gasteiger partial charge is 0.293 e. The topological polar surface area (TPSA) is 86.3 Å². The Morgan fingerprint density at radius 1 is 1.03 bits per heavy atom. The van der Waals surface area contributed by atoms with Crippen LogP contribution in [0.25, 0.3) is 33.5 Å². The van der Waals surface area contributed by atoms with Gasteiger partial charge in [0.2, 0.25) is 0 Å². The normalized spacial score (nSPS) is 14.1. The summed E-state index contributed by atoms with van der Waals surface area (Å²) in [6.45, 7) is 3.21. The summed E-state index contributed by atoms with van der Waals surface area (Å²) in [4.78, 5) is 30.3. The Hall–Kier alpha value is -3.13. The second-order valence-corrected chi connectivity index (χ2v) is 9.10. The fraction of sp³-hybridized carbons (Fsp3) is 0.240. The number of aromatic nitrogens is 3. The number of hydrogen-bond acceptors (Lipinski definition) is 6. The molecule has 174 valence electrons. The highest BCUT2D eigenvalue weighted by Crippen LogP contribution is 2.34. The minimum absolute atomic E-state index is 0.219. The molecular weight excluding hydrogens is 473 g/mol. The van der Waals surface area contributed by atoms with Crippen LogP contribution in [-0.2, 0) is 6.54 Å². The van der Waals surface area contributed by atoms with Crippen LogP contribution in [0.15, 0.2) is 53.3 Å². The van der Waals surface area contributed by atoms with Gasteiger partial charge in [-0.05, 0) is 49.7 Å². The van der Waals surface area contributed by atoms with Crippen molar-refractivity contribution in [3.05, 3.63) is 74.5 Å². The number of anilines is 1. The van der Waals surface area contributed by atoms with E-state index in [1.54, 1.807) is 24.3 Å². The third-order valence-corrected chi connectivity index (χ3v) is 6.71. The fourth-order valence-corrected chi connectivity index (χ4v) is 4.97. The van der Waals surface area contributed by atoms with Crippen LogP contribution in [0.4, 0.5) is 5.82 Å². The lowest BCUT2D eigenvalue weighted by Crippen LogP contribution is -2.27. The van der Waals surface area contributed by atoms with Crippen LogP contribution in [0, 0.1) is 0 Å². The number of pyridine rings is 1. The van der Waals surface area contributed by atoms with Crippen LogP contribution in [-0.4, -0.2) is 39.8 Å². The minimum Gasteiger partial charge on any atom is -0.412 e. The molecule has 0 spiro atoms. The maximum Gasteiger partial charge on any atom is 0.293 e. The third kappa shape index (κ3) is 4.11. The Bertz CT molecular complexity index is 1410. The Balaban J connectivity index is 1.60. The first-order valence-electron chi connectivity index (χ1n) is 11.0. The zero-order valence-electron chi connectivity index (χ0n) is 18.6. The van der Waals surface area contributed by atoms with Crippen molar-refractivity contribution in [1.82, 2.24) is 19.6 Å². The zero-order valence-corrected chi connectivity index (χ0v) is 20.1. The van der Waals surface area contributed by atoms with Crippen molar-refractivity contribution in [2.45, 2.75) is 19.4 Å². The van der Waals surface area contributed by atoms with Gasteiger partial charge >= 0.3 is 0 Å². The molecule has 1 aliphatic rings. The highest BCUT2D eigenvalue weighted by Gasteiger charge is 2.20. The number of likely N-dealkylation sites (tertiary alicyclic amines) is 1. The maximum absolute atomic E-state index is 13.3. The van der Waals surface area contributed by atoms with Crippen molar-refractivity contribution in [2.24, 2.45) is 0 Å². The van der Waals surface area contributed by atoms with Gasteiger partial charge in [-0.15, -0.1) is 4.73 Å². The monoisotopic (exact) mass is 495 g/mol. The Morgan fingerprint density at radius 3 is 2.35 bits per heavy atom. The lowest BCUT2D eigenvalue weighted by Gasteiger charge is -2.15. The predicted molar refractivity (Wildman–Crippen MR) is 136 cm³/mol. The van der Waals surface area contributed by atoms with Crippen molar-refractivity contribution in [3.8, 4) is 22.5 Å². The van der Waals surface area contributed by atoms with E-state index in [9.17, 15) is 4.79 Å². The van der Waals surface area contributed by atoms with E-state index >= 15 is 0 Å². The van der Waals surface area contributed by atoms with Gasteiger partial charge in [0.05, 0.1) is 21.0 Å². The standard InChI is InChI=1S/C25H23Cl2N5O2/c1-34-32-24-18(13-17(25(32)33)21-19(26)5-4-6-20(21)27)22(28)29-23(30-24)16-9-7-15(8-10-16)14-31-11-2-3-12-31/h4-10,13H,2-3,11-12,14H2,1H3,(H2,28,29,30). The van der Waals surface area contributed by atoms with E-state index in [0.29, 0.717) is 26.8 Å². The lowest BCUT2D eigenvalue weighted by molar-refractivity contribution is 0.168. The van der Waals surface area contributed by atoms with Gasteiger partial charge in [0.25, 0.3) is 5.56 Å². The molecule has 0 unspecified atom stereocenters. The van der Waals surface area contributed by atoms with Gasteiger partial charge in [0.15, 0.2) is 11.5 Å². The highest BCUT2D eigenvalue weighted by atomic mass is 35.5. The van der Waals surface area contributed by atoms with Crippen LogP contribution in [0.3, 0.4) is 0 Å². The predicted octanol–water partition coefficient (Wildman–Crippen LogP) is 4.67. The summed E-state index contributed by atoms with van der Waals surface area (Å²) in [6.07, 6.45) is 2.52. The van der Waals surface area contributed by atoms with Crippen LogP contribution in [0.5, 0.6) is 0 Å². The number of benzene rings is 2. The Morgan fingerprint density at radius 2 is 1.71 bits per heavy atom. The number of rotatable bonds is 5. The van der Waals surface area contributed by atoms with E-state index in [0.717, 1.165) is 29.9 Å². The van der Waals surface area contributed by atoms with Gasteiger partial charge in [-0.25, -0.2) is 9.97 Å².